The summed E-state index contributed by atoms with van der Waals surface area (Å²) in [5, 5.41) is 17.2. The highest BCUT2D eigenvalue weighted by Gasteiger charge is 2.14. The van der Waals surface area contributed by atoms with Gasteiger partial charge in [-0.2, -0.15) is 0 Å². The molecule has 0 fully saturated rings. The van der Waals surface area contributed by atoms with E-state index in [1.807, 2.05) is 31.2 Å². The number of hydrogen-bond donors (Lipinski definition) is 3. The monoisotopic (exact) mass is 401 g/mol. The van der Waals surface area contributed by atoms with Crippen molar-refractivity contribution in [3.8, 4) is 0 Å². The number of amides is 3. The van der Waals surface area contributed by atoms with Crippen LogP contribution >= 0.6 is 22.9 Å². The largest absolute Gasteiger partial charge is 0.331 e. The van der Waals surface area contributed by atoms with E-state index in [1.165, 1.54) is 0 Å². The highest BCUT2D eigenvalue weighted by molar-refractivity contribution is 7.13. The first-order valence-electron chi connectivity index (χ1n) is 8.01. The molecule has 3 amide bonds. The fourth-order valence-corrected chi connectivity index (χ4v) is 3.02. The van der Waals surface area contributed by atoms with Gasteiger partial charge in [-0.3, -0.25) is 4.79 Å². The zero-order chi connectivity index (χ0) is 19.2. The van der Waals surface area contributed by atoms with Gasteiger partial charge in [-0.1, -0.05) is 47.2 Å². The Morgan fingerprint density at radius 3 is 2.63 bits per heavy atom. The van der Waals surface area contributed by atoms with Gasteiger partial charge >= 0.3 is 6.03 Å². The van der Waals surface area contributed by atoms with E-state index in [0.29, 0.717) is 21.4 Å². The van der Waals surface area contributed by atoms with E-state index in [4.69, 9.17) is 11.6 Å². The first-order valence-corrected chi connectivity index (χ1v) is 9.20. The molecule has 0 atom stereocenters. The Labute approximate surface area is 164 Å². The molecular formula is C18H16ClN5O2S. The number of carbonyl (C=O) groups excluding carboxylic acids is 2. The van der Waals surface area contributed by atoms with Crippen LogP contribution in [0.15, 0.2) is 48.5 Å². The number of rotatable bonds is 5. The molecule has 1 heterocycles. The summed E-state index contributed by atoms with van der Waals surface area (Å²) >= 11 is 7.05. The predicted molar refractivity (Wildman–Crippen MR) is 106 cm³/mol. The van der Waals surface area contributed by atoms with E-state index in [9.17, 15) is 9.59 Å². The summed E-state index contributed by atoms with van der Waals surface area (Å²) in [4.78, 5) is 24.2. The van der Waals surface area contributed by atoms with Gasteiger partial charge in [0.1, 0.15) is 5.01 Å². The normalized spacial score (nSPS) is 10.3. The summed E-state index contributed by atoms with van der Waals surface area (Å²) in [7, 11) is 0. The van der Waals surface area contributed by atoms with Crippen LogP contribution in [0.3, 0.4) is 0 Å². The molecule has 3 N–H and O–H groups in total. The molecule has 0 saturated carbocycles. The Morgan fingerprint density at radius 2 is 1.85 bits per heavy atom. The molecule has 0 spiro atoms. The standard InChI is InChI=1S/C18H16ClN5O2S/c1-11-7-8-12(19)9-14(11)22-18(26)20-10-15-23-24-17(27-15)16(25)21-13-5-3-2-4-6-13/h2-9H,10H2,1H3,(H,21,25)(H2,20,22,26). The molecule has 3 aromatic rings. The average Bonchev–Trinajstić information content (AvgIpc) is 3.13. The van der Waals surface area contributed by atoms with Crippen molar-refractivity contribution in [2.75, 3.05) is 10.6 Å². The molecule has 9 heteroatoms. The van der Waals surface area contributed by atoms with Crippen molar-refractivity contribution in [2.24, 2.45) is 0 Å². The number of nitrogens with one attached hydrogen (secondary N) is 3. The number of carbonyl (C=O) groups is 2. The van der Waals surface area contributed by atoms with Gasteiger partial charge in [0, 0.05) is 16.4 Å². The number of benzene rings is 2. The van der Waals surface area contributed by atoms with E-state index in [-0.39, 0.29) is 17.5 Å². The van der Waals surface area contributed by atoms with Gasteiger partial charge in [-0.05, 0) is 36.8 Å². The minimum absolute atomic E-state index is 0.154. The fourth-order valence-electron chi connectivity index (χ4n) is 2.17. The van der Waals surface area contributed by atoms with Crippen LogP contribution in [-0.2, 0) is 6.54 Å². The second-order valence-corrected chi connectivity index (χ2v) is 7.09. The van der Waals surface area contributed by atoms with Crippen molar-refractivity contribution in [1.82, 2.24) is 15.5 Å². The zero-order valence-electron chi connectivity index (χ0n) is 14.3. The Hall–Kier alpha value is -2.97. The van der Waals surface area contributed by atoms with Crippen LogP contribution in [0.25, 0.3) is 0 Å². The highest BCUT2D eigenvalue weighted by atomic mass is 35.5. The number of halogens is 1. The SMILES string of the molecule is Cc1ccc(Cl)cc1NC(=O)NCc1nnc(C(=O)Nc2ccccc2)s1. The first-order chi connectivity index (χ1) is 13.0. The van der Waals surface area contributed by atoms with Crippen molar-refractivity contribution >= 4 is 46.3 Å². The van der Waals surface area contributed by atoms with Gasteiger partial charge in [-0.25, -0.2) is 4.79 Å². The number of urea groups is 1. The average molecular weight is 402 g/mol. The first kappa shape index (κ1) is 18.8. The molecule has 0 aliphatic heterocycles. The summed E-state index contributed by atoms with van der Waals surface area (Å²) in [5.41, 5.74) is 2.19. The Morgan fingerprint density at radius 1 is 1.07 bits per heavy atom. The third-order valence-electron chi connectivity index (χ3n) is 3.54. The van der Waals surface area contributed by atoms with E-state index in [1.54, 1.807) is 24.3 Å². The minimum Gasteiger partial charge on any atom is -0.331 e. The number of para-hydroxylation sites is 1. The maximum atomic E-state index is 12.2. The molecule has 0 aliphatic rings. The topological polar surface area (TPSA) is 96.0 Å². The molecule has 2 aromatic carbocycles. The number of aromatic nitrogens is 2. The number of hydrogen-bond acceptors (Lipinski definition) is 5. The lowest BCUT2D eigenvalue weighted by Crippen LogP contribution is -2.28. The predicted octanol–water partition coefficient (Wildman–Crippen LogP) is 4.07. The third-order valence-corrected chi connectivity index (χ3v) is 4.70. The van der Waals surface area contributed by atoms with E-state index < -0.39 is 6.03 Å². The van der Waals surface area contributed by atoms with E-state index >= 15 is 0 Å². The quantitative estimate of drug-likeness (QED) is 0.600. The van der Waals surface area contributed by atoms with E-state index in [2.05, 4.69) is 26.1 Å². The van der Waals surface area contributed by atoms with Crippen LogP contribution in [0.1, 0.15) is 20.4 Å². The van der Waals surface area contributed by atoms with Crippen molar-refractivity contribution in [1.29, 1.82) is 0 Å². The number of aryl methyl sites for hydroxylation is 1. The third kappa shape index (κ3) is 5.25. The summed E-state index contributed by atoms with van der Waals surface area (Å²) in [6.45, 7) is 2.02. The van der Waals surface area contributed by atoms with Gasteiger partial charge in [0.15, 0.2) is 0 Å². The summed E-state index contributed by atoms with van der Waals surface area (Å²) in [6, 6.07) is 13.9. The Balaban J connectivity index is 1.54. The van der Waals surface area contributed by atoms with Crippen molar-refractivity contribution in [2.45, 2.75) is 13.5 Å². The Kier molecular flexibility index (Phi) is 6.00. The summed E-state index contributed by atoms with van der Waals surface area (Å²) in [5.74, 6) is -0.344. The van der Waals surface area contributed by atoms with Crippen LogP contribution < -0.4 is 16.0 Å². The summed E-state index contributed by atoms with van der Waals surface area (Å²) < 4.78 is 0. The molecule has 0 bridgehead atoms. The lowest BCUT2D eigenvalue weighted by molar-refractivity contribution is 0.102. The van der Waals surface area contributed by atoms with Gasteiger partial charge in [0.05, 0.1) is 6.54 Å². The van der Waals surface area contributed by atoms with Gasteiger partial charge in [0.2, 0.25) is 5.01 Å². The van der Waals surface area contributed by atoms with Crippen LogP contribution in [0.4, 0.5) is 16.2 Å². The summed E-state index contributed by atoms with van der Waals surface area (Å²) in [6.07, 6.45) is 0. The minimum atomic E-state index is -0.397. The fraction of sp³-hybridized carbons (Fsp3) is 0.111. The zero-order valence-corrected chi connectivity index (χ0v) is 15.9. The maximum absolute atomic E-state index is 12.2. The number of nitrogens with zero attached hydrogens (tertiary/aromatic N) is 2. The molecule has 3 rings (SSSR count). The molecule has 0 radical (unpaired) electrons. The second-order valence-electron chi connectivity index (χ2n) is 5.59. The van der Waals surface area contributed by atoms with E-state index in [0.717, 1.165) is 16.9 Å². The smallest absolute Gasteiger partial charge is 0.319 e. The van der Waals surface area contributed by atoms with Gasteiger partial charge < -0.3 is 16.0 Å². The van der Waals surface area contributed by atoms with Gasteiger partial charge in [-0.15, -0.1) is 10.2 Å². The van der Waals surface area contributed by atoms with Crippen molar-refractivity contribution in [3.63, 3.8) is 0 Å². The van der Waals surface area contributed by atoms with Crippen LogP contribution in [-0.4, -0.2) is 22.1 Å². The molecule has 0 unspecified atom stereocenters. The van der Waals surface area contributed by atoms with Crippen LogP contribution in [0.5, 0.6) is 0 Å². The maximum Gasteiger partial charge on any atom is 0.319 e. The number of anilines is 2. The Bertz CT molecular complexity index is 961. The molecule has 27 heavy (non-hydrogen) atoms. The molecular weight excluding hydrogens is 386 g/mol. The lowest BCUT2D eigenvalue weighted by Gasteiger charge is -2.09. The highest BCUT2D eigenvalue weighted by Crippen LogP contribution is 2.20. The molecule has 0 aliphatic carbocycles. The van der Waals surface area contributed by atoms with Crippen molar-refractivity contribution < 1.29 is 9.59 Å². The second kappa shape index (κ2) is 8.61. The molecule has 7 nitrogen and oxygen atoms in total. The lowest BCUT2D eigenvalue weighted by atomic mass is 10.2. The molecule has 0 saturated heterocycles. The van der Waals surface area contributed by atoms with Crippen molar-refractivity contribution in [3.05, 3.63) is 69.1 Å². The van der Waals surface area contributed by atoms with Gasteiger partial charge in [0.25, 0.3) is 5.91 Å². The molecule has 1 aromatic heterocycles. The molecule has 138 valence electrons. The van der Waals surface area contributed by atoms with Crippen LogP contribution in [0.2, 0.25) is 5.02 Å². The van der Waals surface area contributed by atoms with Crippen LogP contribution in [0, 0.1) is 6.92 Å².